The van der Waals surface area contributed by atoms with Gasteiger partial charge >= 0.3 is 0 Å². The number of halogens is 1. The van der Waals surface area contributed by atoms with Crippen LogP contribution < -0.4 is 5.32 Å². The molecule has 1 N–H and O–H groups in total. The highest BCUT2D eigenvalue weighted by Crippen LogP contribution is 2.31. The minimum Gasteiger partial charge on any atom is -0.325 e. The van der Waals surface area contributed by atoms with Crippen molar-refractivity contribution in [1.82, 2.24) is 14.8 Å². The van der Waals surface area contributed by atoms with Gasteiger partial charge in [0.2, 0.25) is 5.91 Å². The first-order valence-electron chi connectivity index (χ1n) is 12.5. The normalized spacial score (nSPS) is 12.4. The zero-order valence-corrected chi connectivity index (χ0v) is 23.5. The van der Waals surface area contributed by atoms with Crippen LogP contribution in [0.25, 0.3) is 17.1 Å². The SMILES string of the molecule is CCC(C)c1ccccc1NC(=O)CSc1nnc(-c2ccc(C(C)(C)C)cc2)n1-c1ccc(Cl)cc1. The maximum Gasteiger partial charge on any atom is 0.234 e. The first-order valence-corrected chi connectivity index (χ1v) is 13.9. The molecule has 7 heteroatoms. The second-order valence-corrected chi connectivity index (χ2v) is 11.6. The third-order valence-corrected chi connectivity index (χ3v) is 7.62. The van der Waals surface area contributed by atoms with Gasteiger partial charge in [0.05, 0.1) is 5.75 Å². The lowest BCUT2D eigenvalue weighted by Gasteiger charge is -2.19. The molecule has 0 aliphatic rings. The molecule has 0 aliphatic heterocycles. The summed E-state index contributed by atoms with van der Waals surface area (Å²) >= 11 is 7.52. The summed E-state index contributed by atoms with van der Waals surface area (Å²) in [7, 11) is 0. The number of para-hydroxylation sites is 1. The van der Waals surface area contributed by atoms with Crippen molar-refractivity contribution in [3.05, 3.63) is 88.9 Å². The minimum absolute atomic E-state index is 0.0598. The van der Waals surface area contributed by atoms with E-state index in [1.54, 1.807) is 0 Å². The molecule has 1 heterocycles. The number of rotatable bonds is 8. The molecule has 192 valence electrons. The third-order valence-electron chi connectivity index (χ3n) is 6.44. The Labute approximate surface area is 228 Å². The Kier molecular flexibility index (Phi) is 8.40. The van der Waals surface area contributed by atoms with Crippen LogP contribution in [0, 0.1) is 0 Å². The van der Waals surface area contributed by atoms with Crippen LogP contribution in [0.4, 0.5) is 5.69 Å². The molecule has 1 atom stereocenters. The van der Waals surface area contributed by atoms with Gasteiger partial charge in [-0.15, -0.1) is 10.2 Å². The fraction of sp³-hybridized carbons (Fsp3) is 0.300. The number of aromatic nitrogens is 3. The van der Waals surface area contributed by atoms with Gasteiger partial charge in [-0.2, -0.15) is 0 Å². The lowest BCUT2D eigenvalue weighted by Crippen LogP contribution is -2.16. The number of amides is 1. The number of hydrogen-bond acceptors (Lipinski definition) is 4. The van der Waals surface area contributed by atoms with Crippen molar-refractivity contribution in [2.75, 3.05) is 11.1 Å². The largest absolute Gasteiger partial charge is 0.325 e. The maximum atomic E-state index is 12.9. The monoisotopic (exact) mass is 532 g/mol. The van der Waals surface area contributed by atoms with Crippen molar-refractivity contribution in [3.8, 4) is 17.1 Å². The van der Waals surface area contributed by atoms with Crippen LogP contribution in [-0.2, 0) is 10.2 Å². The molecule has 1 unspecified atom stereocenters. The van der Waals surface area contributed by atoms with Gasteiger partial charge in [-0.1, -0.05) is 100 Å². The van der Waals surface area contributed by atoms with Crippen LogP contribution in [0.15, 0.2) is 78.0 Å². The smallest absolute Gasteiger partial charge is 0.234 e. The molecule has 0 spiro atoms. The van der Waals surface area contributed by atoms with E-state index in [2.05, 4.69) is 80.5 Å². The number of anilines is 1. The van der Waals surface area contributed by atoms with Gasteiger partial charge in [0.1, 0.15) is 0 Å². The van der Waals surface area contributed by atoms with Crippen molar-refractivity contribution < 1.29 is 4.79 Å². The van der Waals surface area contributed by atoms with Gasteiger partial charge < -0.3 is 5.32 Å². The number of hydrogen-bond donors (Lipinski definition) is 1. The van der Waals surface area contributed by atoms with Crippen molar-refractivity contribution in [3.63, 3.8) is 0 Å². The van der Waals surface area contributed by atoms with Gasteiger partial charge in [0, 0.05) is 22.0 Å². The quantitative estimate of drug-likeness (QED) is 0.233. The summed E-state index contributed by atoms with van der Waals surface area (Å²) in [6.45, 7) is 10.9. The lowest BCUT2D eigenvalue weighted by molar-refractivity contribution is -0.113. The van der Waals surface area contributed by atoms with Crippen LogP contribution in [0.5, 0.6) is 0 Å². The highest BCUT2D eigenvalue weighted by Gasteiger charge is 2.19. The lowest BCUT2D eigenvalue weighted by atomic mass is 9.87. The summed E-state index contributed by atoms with van der Waals surface area (Å²) in [5, 5.41) is 13.4. The second kappa shape index (κ2) is 11.5. The predicted molar refractivity (Wildman–Crippen MR) is 155 cm³/mol. The van der Waals surface area contributed by atoms with E-state index in [1.165, 1.54) is 17.3 Å². The molecule has 37 heavy (non-hydrogen) atoms. The van der Waals surface area contributed by atoms with Crippen LogP contribution in [0.1, 0.15) is 58.1 Å². The number of carbonyl (C=O) groups excluding carboxylic acids is 1. The molecule has 5 nitrogen and oxygen atoms in total. The van der Waals surface area contributed by atoms with Crippen LogP contribution in [-0.4, -0.2) is 26.4 Å². The Bertz CT molecular complexity index is 1360. The zero-order chi connectivity index (χ0) is 26.6. The molecule has 0 bridgehead atoms. The molecule has 0 aliphatic carbocycles. The second-order valence-electron chi connectivity index (χ2n) is 10.2. The first-order chi connectivity index (χ1) is 17.7. The highest BCUT2D eigenvalue weighted by atomic mass is 35.5. The van der Waals surface area contributed by atoms with Crippen molar-refractivity contribution in [2.45, 2.75) is 57.5 Å². The highest BCUT2D eigenvalue weighted by molar-refractivity contribution is 7.99. The van der Waals surface area contributed by atoms with Crippen LogP contribution in [0.2, 0.25) is 5.02 Å². The summed E-state index contributed by atoms with van der Waals surface area (Å²) in [6.07, 6.45) is 1.01. The molecule has 0 saturated carbocycles. The number of nitrogens with one attached hydrogen (secondary N) is 1. The summed E-state index contributed by atoms with van der Waals surface area (Å²) in [5.41, 5.74) is 5.15. The summed E-state index contributed by atoms with van der Waals surface area (Å²) in [5.74, 6) is 1.21. The van der Waals surface area contributed by atoms with Crippen molar-refractivity contribution in [2.24, 2.45) is 0 Å². The van der Waals surface area contributed by atoms with Gasteiger partial charge in [-0.25, -0.2) is 0 Å². The van der Waals surface area contributed by atoms with Crippen molar-refractivity contribution in [1.29, 1.82) is 0 Å². The average Bonchev–Trinajstić information content (AvgIpc) is 3.31. The Morgan fingerprint density at radius 1 is 1.00 bits per heavy atom. The minimum atomic E-state index is -0.0810. The molecule has 3 aromatic carbocycles. The van der Waals surface area contributed by atoms with Crippen molar-refractivity contribution >= 4 is 35.0 Å². The van der Waals surface area contributed by atoms with E-state index in [0.717, 1.165) is 28.9 Å². The molecule has 4 aromatic rings. The van der Waals surface area contributed by atoms with E-state index < -0.39 is 0 Å². The molecular formula is C30H33ClN4OS. The van der Waals surface area contributed by atoms with Crippen LogP contribution in [0.3, 0.4) is 0 Å². The summed E-state index contributed by atoms with van der Waals surface area (Å²) in [4.78, 5) is 12.9. The first kappa shape index (κ1) is 27.0. The van der Waals surface area contributed by atoms with E-state index >= 15 is 0 Å². The molecule has 0 saturated heterocycles. The van der Waals surface area contributed by atoms with Gasteiger partial charge in [-0.3, -0.25) is 9.36 Å². The van der Waals surface area contributed by atoms with E-state index in [1.807, 2.05) is 47.0 Å². The molecule has 4 rings (SSSR count). The molecule has 1 amide bonds. The van der Waals surface area contributed by atoms with Crippen LogP contribution >= 0.6 is 23.4 Å². The van der Waals surface area contributed by atoms with Gasteiger partial charge in [-0.05, 0) is 59.2 Å². The van der Waals surface area contributed by atoms with E-state index in [9.17, 15) is 4.79 Å². The molecule has 0 fully saturated rings. The molecule has 0 radical (unpaired) electrons. The van der Waals surface area contributed by atoms with E-state index in [-0.39, 0.29) is 17.1 Å². The summed E-state index contributed by atoms with van der Waals surface area (Å²) in [6, 6.07) is 24.0. The Morgan fingerprint density at radius 2 is 1.68 bits per heavy atom. The molecular weight excluding hydrogens is 500 g/mol. The number of carbonyl (C=O) groups is 1. The molecule has 1 aromatic heterocycles. The number of benzene rings is 3. The Hall–Kier alpha value is -3.09. The zero-order valence-electron chi connectivity index (χ0n) is 22.0. The topological polar surface area (TPSA) is 59.8 Å². The van der Waals surface area contributed by atoms with E-state index in [0.29, 0.717) is 21.9 Å². The number of thioether (sulfide) groups is 1. The Morgan fingerprint density at radius 3 is 2.32 bits per heavy atom. The fourth-order valence-corrected chi connectivity index (χ4v) is 4.95. The number of nitrogens with zero attached hydrogens (tertiary/aromatic N) is 3. The summed E-state index contributed by atoms with van der Waals surface area (Å²) < 4.78 is 1.98. The Balaban J connectivity index is 1.60. The fourth-order valence-electron chi connectivity index (χ4n) is 4.07. The van der Waals surface area contributed by atoms with Gasteiger partial charge in [0.25, 0.3) is 0 Å². The third kappa shape index (κ3) is 6.43. The average molecular weight is 533 g/mol. The maximum absolute atomic E-state index is 12.9. The van der Waals surface area contributed by atoms with E-state index in [4.69, 9.17) is 11.6 Å². The standard InChI is InChI=1S/C30H33ClN4OS/c1-6-20(2)25-9-7-8-10-26(25)32-27(36)19-37-29-34-33-28(35(29)24-17-15-23(31)16-18-24)21-11-13-22(14-12-21)30(3,4)5/h7-18,20H,6,19H2,1-5H3,(H,32,36). The van der Waals surface area contributed by atoms with Gasteiger partial charge in [0.15, 0.2) is 11.0 Å². The predicted octanol–water partition coefficient (Wildman–Crippen LogP) is 8.13.